The number of aromatic nitrogens is 2. The molecule has 2 heterocycles. The highest BCUT2D eigenvalue weighted by atomic mass is 16.4. The van der Waals surface area contributed by atoms with Gasteiger partial charge in [0.15, 0.2) is 0 Å². The number of rotatable bonds is 4. The monoisotopic (exact) mass is 357 g/mol. The van der Waals surface area contributed by atoms with Gasteiger partial charge >= 0.3 is 5.97 Å². The zero-order valence-corrected chi connectivity index (χ0v) is 14.2. The first-order valence-electron chi connectivity index (χ1n) is 8.30. The molecule has 132 valence electrons. The molecule has 6 nitrogen and oxygen atoms in total. The third kappa shape index (κ3) is 3.28. The van der Waals surface area contributed by atoms with Crippen LogP contribution in [0.15, 0.2) is 79.1 Å². The molecule has 4 aromatic rings. The number of para-hydroxylation sites is 1. The number of imidazole rings is 1. The van der Waals surface area contributed by atoms with Crippen LogP contribution in [0.5, 0.6) is 0 Å². The second-order valence-electron chi connectivity index (χ2n) is 5.98. The second-order valence-corrected chi connectivity index (χ2v) is 5.98. The minimum Gasteiger partial charge on any atom is -0.478 e. The molecule has 0 saturated carbocycles. The lowest BCUT2D eigenvalue weighted by Gasteiger charge is -2.08. The maximum atomic E-state index is 12.6. The molecule has 0 aliphatic rings. The Bertz CT molecular complexity index is 1150. The molecule has 27 heavy (non-hydrogen) atoms. The van der Waals surface area contributed by atoms with Gasteiger partial charge in [0.25, 0.3) is 5.91 Å². The molecule has 2 aromatic heterocycles. The number of hydrogen-bond donors (Lipinski definition) is 2. The van der Waals surface area contributed by atoms with Crippen LogP contribution in [-0.4, -0.2) is 26.4 Å². The summed E-state index contributed by atoms with van der Waals surface area (Å²) in [5.74, 6) is -1.49. The molecular formula is C21H15N3O3. The summed E-state index contributed by atoms with van der Waals surface area (Å²) in [6.45, 7) is 0. The first-order chi connectivity index (χ1) is 13.1. The molecule has 4 rings (SSSR count). The standard InChI is InChI=1S/C21H15N3O3/c25-20(23-17-9-5-4-8-16(17)21(26)27)15-10-11-24-13-18(22-19(24)12-15)14-6-2-1-3-7-14/h1-13H,(H,23,25)(H,26,27). The number of carboxylic acid groups (broad SMARTS) is 1. The van der Waals surface area contributed by atoms with Crippen LogP contribution in [0.4, 0.5) is 5.69 Å². The Morgan fingerprint density at radius 3 is 2.48 bits per heavy atom. The van der Waals surface area contributed by atoms with E-state index in [0.717, 1.165) is 11.3 Å². The van der Waals surface area contributed by atoms with Crippen molar-refractivity contribution in [2.45, 2.75) is 0 Å². The number of fused-ring (bicyclic) bond motifs is 1. The average molecular weight is 357 g/mol. The topological polar surface area (TPSA) is 83.7 Å². The largest absolute Gasteiger partial charge is 0.478 e. The summed E-state index contributed by atoms with van der Waals surface area (Å²) in [5.41, 5.74) is 3.12. The Hall–Kier alpha value is -3.93. The summed E-state index contributed by atoms with van der Waals surface area (Å²) in [6, 6.07) is 19.4. The van der Waals surface area contributed by atoms with Crippen molar-refractivity contribution < 1.29 is 14.7 Å². The van der Waals surface area contributed by atoms with Crippen molar-refractivity contribution in [2.24, 2.45) is 0 Å². The highest BCUT2D eigenvalue weighted by molar-refractivity contribution is 6.08. The average Bonchev–Trinajstić information content (AvgIpc) is 3.12. The van der Waals surface area contributed by atoms with Crippen molar-refractivity contribution in [1.82, 2.24) is 9.38 Å². The van der Waals surface area contributed by atoms with E-state index in [1.54, 1.807) is 36.5 Å². The predicted molar refractivity (Wildman–Crippen MR) is 102 cm³/mol. The zero-order chi connectivity index (χ0) is 18.8. The number of carboxylic acids is 1. The van der Waals surface area contributed by atoms with E-state index < -0.39 is 11.9 Å². The fourth-order valence-corrected chi connectivity index (χ4v) is 2.84. The van der Waals surface area contributed by atoms with Crippen molar-refractivity contribution in [3.05, 3.63) is 90.3 Å². The number of nitrogens with one attached hydrogen (secondary N) is 1. The van der Waals surface area contributed by atoms with Gasteiger partial charge in [0, 0.05) is 23.5 Å². The normalized spacial score (nSPS) is 10.7. The maximum absolute atomic E-state index is 12.6. The van der Waals surface area contributed by atoms with Gasteiger partial charge in [-0.1, -0.05) is 42.5 Å². The predicted octanol–water partition coefficient (Wildman–Crippen LogP) is 3.95. The molecule has 1 amide bonds. The SMILES string of the molecule is O=C(Nc1ccccc1C(=O)O)c1ccn2cc(-c3ccccc3)nc2c1. The number of pyridine rings is 1. The molecule has 0 atom stereocenters. The van der Waals surface area contributed by atoms with E-state index >= 15 is 0 Å². The van der Waals surface area contributed by atoms with E-state index in [1.165, 1.54) is 6.07 Å². The molecule has 0 radical (unpaired) electrons. The second kappa shape index (κ2) is 6.76. The Morgan fingerprint density at radius 1 is 0.963 bits per heavy atom. The van der Waals surface area contributed by atoms with Gasteiger partial charge in [-0.2, -0.15) is 0 Å². The lowest BCUT2D eigenvalue weighted by molar-refractivity contribution is 0.0698. The first kappa shape index (κ1) is 16.5. The van der Waals surface area contributed by atoms with E-state index in [4.69, 9.17) is 0 Å². The minimum absolute atomic E-state index is 0.0408. The number of carbonyl (C=O) groups excluding carboxylic acids is 1. The van der Waals surface area contributed by atoms with Crippen LogP contribution in [0.2, 0.25) is 0 Å². The van der Waals surface area contributed by atoms with E-state index in [1.807, 2.05) is 40.9 Å². The number of hydrogen-bond acceptors (Lipinski definition) is 3. The quantitative estimate of drug-likeness (QED) is 0.579. The number of aromatic carboxylic acids is 1. The van der Waals surface area contributed by atoms with Gasteiger partial charge in [-0.05, 0) is 24.3 Å². The number of anilines is 1. The summed E-state index contributed by atoms with van der Waals surface area (Å²) in [6.07, 6.45) is 3.65. The van der Waals surface area contributed by atoms with Gasteiger partial charge in [-0.25, -0.2) is 9.78 Å². The van der Waals surface area contributed by atoms with Crippen LogP contribution in [-0.2, 0) is 0 Å². The van der Waals surface area contributed by atoms with Crippen LogP contribution in [0.1, 0.15) is 20.7 Å². The van der Waals surface area contributed by atoms with Crippen LogP contribution in [0, 0.1) is 0 Å². The molecular weight excluding hydrogens is 342 g/mol. The summed E-state index contributed by atoms with van der Waals surface area (Å²) >= 11 is 0. The Balaban J connectivity index is 1.64. The molecule has 0 fully saturated rings. The van der Waals surface area contributed by atoms with Crippen molar-refractivity contribution in [3.63, 3.8) is 0 Å². The van der Waals surface area contributed by atoms with Crippen LogP contribution < -0.4 is 5.32 Å². The number of amides is 1. The lowest BCUT2D eigenvalue weighted by Crippen LogP contribution is -2.15. The van der Waals surface area contributed by atoms with Gasteiger partial charge in [-0.3, -0.25) is 4.79 Å². The minimum atomic E-state index is -1.10. The highest BCUT2D eigenvalue weighted by Crippen LogP contribution is 2.20. The Kier molecular flexibility index (Phi) is 4.14. The fraction of sp³-hybridized carbons (Fsp3) is 0. The molecule has 2 N–H and O–H groups in total. The lowest BCUT2D eigenvalue weighted by atomic mass is 10.1. The summed E-state index contributed by atoms with van der Waals surface area (Å²) in [5, 5.41) is 11.9. The Labute approximate surface area is 154 Å². The van der Waals surface area contributed by atoms with Gasteiger partial charge < -0.3 is 14.8 Å². The van der Waals surface area contributed by atoms with Gasteiger partial charge in [0.05, 0.1) is 16.9 Å². The van der Waals surface area contributed by atoms with Gasteiger partial charge in [0.1, 0.15) is 5.65 Å². The third-order valence-corrected chi connectivity index (χ3v) is 4.20. The van der Waals surface area contributed by atoms with Crippen LogP contribution in [0.3, 0.4) is 0 Å². The number of carbonyl (C=O) groups is 2. The number of nitrogens with zero attached hydrogens (tertiary/aromatic N) is 2. The van der Waals surface area contributed by atoms with E-state index in [9.17, 15) is 14.7 Å². The molecule has 0 saturated heterocycles. The maximum Gasteiger partial charge on any atom is 0.337 e. The van der Waals surface area contributed by atoms with Crippen molar-refractivity contribution in [1.29, 1.82) is 0 Å². The van der Waals surface area contributed by atoms with Crippen LogP contribution in [0.25, 0.3) is 16.9 Å². The molecule has 6 heteroatoms. The van der Waals surface area contributed by atoms with E-state index in [-0.39, 0.29) is 11.3 Å². The van der Waals surface area contributed by atoms with E-state index in [0.29, 0.717) is 11.2 Å². The molecule has 2 aromatic carbocycles. The molecule has 0 spiro atoms. The smallest absolute Gasteiger partial charge is 0.337 e. The molecule has 0 aliphatic carbocycles. The summed E-state index contributed by atoms with van der Waals surface area (Å²) in [7, 11) is 0. The van der Waals surface area contributed by atoms with Gasteiger partial charge in [-0.15, -0.1) is 0 Å². The van der Waals surface area contributed by atoms with Gasteiger partial charge in [0.2, 0.25) is 0 Å². The molecule has 0 aliphatic heterocycles. The van der Waals surface area contributed by atoms with Crippen LogP contribution >= 0.6 is 0 Å². The number of benzene rings is 2. The Morgan fingerprint density at radius 2 is 1.70 bits per heavy atom. The first-order valence-corrected chi connectivity index (χ1v) is 8.30. The molecule has 0 unspecified atom stereocenters. The fourth-order valence-electron chi connectivity index (χ4n) is 2.84. The zero-order valence-electron chi connectivity index (χ0n) is 14.2. The van der Waals surface area contributed by atoms with E-state index in [2.05, 4.69) is 10.3 Å². The third-order valence-electron chi connectivity index (χ3n) is 4.20. The van der Waals surface area contributed by atoms with Crippen molar-refractivity contribution in [2.75, 3.05) is 5.32 Å². The summed E-state index contributed by atoms with van der Waals surface area (Å²) < 4.78 is 1.84. The van der Waals surface area contributed by atoms with Crippen molar-refractivity contribution in [3.8, 4) is 11.3 Å². The summed E-state index contributed by atoms with van der Waals surface area (Å²) in [4.78, 5) is 28.4. The highest BCUT2D eigenvalue weighted by Gasteiger charge is 2.14. The van der Waals surface area contributed by atoms with Crippen molar-refractivity contribution >= 4 is 23.2 Å². The molecule has 0 bridgehead atoms.